The highest BCUT2D eigenvalue weighted by molar-refractivity contribution is 9.10. The number of nitrogens with zero attached hydrogens (tertiary/aromatic N) is 3. The zero-order valence-corrected chi connectivity index (χ0v) is 16.4. The average molecular weight is 418 g/mol. The molecule has 24 heavy (non-hydrogen) atoms. The lowest BCUT2D eigenvalue weighted by molar-refractivity contribution is 0.840. The van der Waals surface area contributed by atoms with Crippen LogP contribution in [0.2, 0.25) is 0 Å². The van der Waals surface area contributed by atoms with Crippen LogP contribution in [0, 0.1) is 6.92 Å². The van der Waals surface area contributed by atoms with Crippen LogP contribution in [0.5, 0.6) is 0 Å². The summed E-state index contributed by atoms with van der Waals surface area (Å²) in [5.74, 6) is 0. The molecule has 0 aliphatic heterocycles. The highest BCUT2D eigenvalue weighted by Gasteiger charge is 2.07. The van der Waals surface area contributed by atoms with Crippen LogP contribution < -0.4 is 4.80 Å². The van der Waals surface area contributed by atoms with Gasteiger partial charge in [0.15, 0.2) is 0 Å². The lowest BCUT2D eigenvalue weighted by Gasteiger charge is -2.03. The quantitative estimate of drug-likeness (QED) is 0.397. The number of aryl methyl sites for hydroxylation is 1. The number of thiophene rings is 1. The van der Waals surface area contributed by atoms with Crippen LogP contribution in [0.4, 0.5) is 0 Å². The number of halogens is 1. The normalized spacial score (nSPS) is 12.2. The van der Waals surface area contributed by atoms with Crippen molar-refractivity contribution in [1.82, 2.24) is 4.68 Å². The number of hydrogen-bond donors (Lipinski definition) is 0. The van der Waals surface area contributed by atoms with Gasteiger partial charge in [-0.15, -0.1) is 29.3 Å². The summed E-state index contributed by atoms with van der Waals surface area (Å²) >= 11 is 6.75. The number of hydrogen-bond acceptors (Lipinski definition) is 4. The molecule has 0 bridgehead atoms. The summed E-state index contributed by atoms with van der Waals surface area (Å²) in [5, 5.41) is 8.86. The Labute approximate surface area is 157 Å². The first kappa shape index (κ1) is 17.1. The summed E-state index contributed by atoms with van der Waals surface area (Å²) in [6, 6.07) is 10.3. The Bertz CT molecular complexity index is 930. The number of aromatic nitrogens is 1. The van der Waals surface area contributed by atoms with Crippen LogP contribution in [-0.4, -0.2) is 17.4 Å². The van der Waals surface area contributed by atoms with Gasteiger partial charge in [-0.3, -0.25) is 4.99 Å². The van der Waals surface area contributed by atoms with Gasteiger partial charge in [-0.25, -0.2) is 4.68 Å². The summed E-state index contributed by atoms with van der Waals surface area (Å²) < 4.78 is 2.96. The lowest BCUT2D eigenvalue weighted by atomic mass is 10.2. The number of thiazole rings is 1. The molecule has 0 amide bonds. The molecule has 3 rings (SSSR count). The smallest absolute Gasteiger partial charge is 0.206 e. The molecule has 3 aromatic rings. The maximum atomic E-state index is 4.69. The van der Waals surface area contributed by atoms with Crippen LogP contribution in [0.1, 0.15) is 10.4 Å². The molecule has 2 aromatic heterocycles. The number of benzene rings is 1. The van der Waals surface area contributed by atoms with Crippen LogP contribution in [0.15, 0.2) is 68.3 Å². The summed E-state index contributed by atoms with van der Waals surface area (Å²) in [6.07, 6.45) is 3.69. The molecule has 0 fully saturated rings. The van der Waals surface area contributed by atoms with Crippen LogP contribution in [0.3, 0.4) is 0 Å². The standard InChI is InChI=1S/C18H16BrN3S2/c1-3-9-20-18-22(21-11-17-13(2)8-10-23-17)16(12-24-18)14-4-6-15(19)7-5-14/h3-8,10-12H,1,9H2,2H3. The van der Waals surface area contributed by atoms with Crippen molar-refractivity contribution >= 4 is 44.8 Å². The third-order valence-electron chi connectivity index (χ3n) is 3.37. The maximum absolute atomic E-state index is 4.69. The van der Waals surface area contributed by atoms with Gasteiger partial charge >= 0.3 is 0 Å². The van der Waals surface area contributed by atoms with Gasteiger partial charge in [-0.1, -0.05) is 34.1 Å². The molecule has 0 N–H and O–H groups in total. The lowest BCUT2D eigenvalue weighted by Crippen LogP contribution is -2.12. The van der Waals surface area contributed by atoms with Gasteiger partial charge in [0.25, 0.3) is 0 Å². The summed E-state index contributed by atoms with van der Waals surface area (Å²) in [6.45, 7) is 6.41. The molecule has 0 aliphatic carbocycles. The van der Waals surface area contributed by atoms with Crippen LogP contribution in [-0.2, 0) is 0 Å². The SMILES string of the molecule is C=CCN=c1scc(-c2ccc(Br)cc2)n1N=Cc1sccc1C. The minimum absolute atomic E-state index is 0.577. The van der Waals surface area contributed by atoms with Gasteiger partial charge < -0.3 is 0 Å². The highest BCUT2D eigenvalue weighted by atomic mass is 79.9. The minimum Gasteiger partial charge on any atom is -0.253 e. The van der Waals surface area contributed by atoms with Crippen molar-refractivity contribution in [3.8, 4) is 11.3 Å². The second kappa shape index (κ2) is 7.88. The van der Waals surface area contributed by atoms with E-state index >= 15 is 0 Å². The van der Waals surface area contributed by atoms with E-state index < -0.39 is 0 Å². The molecule has 2 heterocycles. The van der Waals surface area contributed by atoms with Crippen molar-refractivity contribution in [2.45, 2.75) is 6.92 Å². The zero-order chi connectivity index (χ0) is 16.9. The fraction of sp³-hybridized carbons (Fsp3) is 0.111. The summed E-state index contributed by atoms with van der Waals surface area (Å²) in [7, 11) is 0. The van der Waals surface area contributed by atoms with Gasteiger partial charge in [0, 0.05) is 15.4 Å². The molecule has 0 saturated carbocycles. The van der Waals surface area contributed by atoms with Crippen molar-refractivity contribution in [1.29, 1.82) is 0 Å². The van der Waals surface area contributed by atoms with E-state index in [9.17, 15) is 0 Å². The van der Waals surface area contributed by atoms with Crippen molar-refractivity contribution in [3.05, 3.63) is 73.5 Å². The van der Waals surface area contributed by atoms with E-state index in [1.54, 1.807) is 28.7 Å². The Morgan fingerprint density at radius 1 is 1.21 bits per heavy atom. The van der Waals surface area contributed by atoms with Gasteiger partial charge in [0.2, 0.25) is 4.80 Å². The first-order valence-electron chi connectivity index (χ1n) is 7.35. The fourth-order valence-corrected chi connectivity index (χ4v) is 4.00. The first-order valence-corrected chi connectivity index (χ1v) is 9.90. The molecule has 6 heteroatoms. The van der Waals surface area contributed by atoms with Gasteiger partial charge in [0.05, 0.1) is 23.3 Å². The van der Waals surface area contributed by atoms with Crippen molar-refractivity contribution < 1.29 is 0 Å². The molecule has 0 atom stereocenters. The van der Waals surface area contributed by atoms with Crippen molar-refractivity contribution in [2.75, 3.05) is 6.54 Å². The van der Waals surface area contributed by atoms with E-state index in [1.165, 1.54) is 5.56 Å². The van der Waals surface area contributed by atoms with E-state index in [0.29, 0.717) is 6.54 Å². The topological polar surface area (TPSA) is 29.6 Å². The Kier molecular flexibility index (Phi) is 5.60. The second-order valence-corrected chi connectivity index (χ2v) is 7.76. The van der Waals surface area contributed by atoms with E-state index in [2.05, 4.69) is 63.4 Å². The van der Waals surface area contributed by atoms with E-state index in [-0.39, 0.29) is 0 Å². The molecule has 122 valence electrons. The monoisotopic (exact) mass is 417 g/mol. The molecule has 0 unspecified atom stereocenters. The summed E-state index contributed by atoms with van der Waals surface area (Å²) in [4.78, 5) is 6.57. The van der Waals surface area contributed by atoms with E-state index in [4.69, 9.17) is 5.10 Å². The summed E-state index contributed by atoms with van der Waals surface area (Å²) in [5.41, 5.74) is 3.37. The van der Waals surface area contributed by atoms with Gasteiger partial charge in [0.1, 0.15) is 0 Å². The maximum Gasteiger partial charge on any atom is 0.206 e. The molecule has 3 nitrogen and oxygen atoms in total. The third-order valence-corrected chi connectivity index (χ3v) is 5.71. The van der Waals surface area contributed by atoms with Crippen LogP contribution >= 0.6 is 38.6 Å². The highest BCUT2D eigenvalue weighted by Crippen LogP contribution is 2.22. The van der Waals surface area contributed by atoms with E-state index in [0.717, 1.165) is 25.4 Å². The molecular formula is C18H16BrN3S2. The molecule has 0 saturated heterocycles. The Balaban J connectivity index is 2.08. The van der Waals surface area contributed by atoms with Crippen molar-refractivity contribution in [2.24, 2.45) is 10.1 Å². The Hall–Kier alpha value is -1.76. The predicted molar refractivity (Wildman–Crippen MR) is 108 cm³/mol. The van der Waals surface area contributed by atoms with Gasteiger partial charge in [-0.2, -0.15) is 5.10 Å². The molecular weight excluding hydrogens is 402 g/mol. The van der Waals surface area contributed by atoms with E-state index in [1.807, 2.05) is 23.0 Å². The largest absolute Gasteiger partial charge is 0.253 e. The first-order chi connectivity index (χ1) is 11.7. The molecule has 0 spiro atoms. The predicted octanol–water partition coefficient (Wildman–Crippen LogP) is 5.32. The van der Waals surface area contributed by atoms with Gasteiger partial charge in [-0.05, 0) is 36.1 Å². The number of rotatable bonds is 5. The van der Waals surface area contributed by atoms with Crippen LogP contribution in [0.25, 0.3) is 11.3 Å². The Morgan fingerprint density at radius 3 is 2.67 bits per heavy atom. The molecule has 1 aromatic carbocycles. The fourth-order valence-electron chi connectivity index (χ4n) is 2.11. The third kappa shape index (κ3) is 3.83. The zero-order valence-electron chi connectivity index (χ0n) is 13.1. The Morgan fingerprint density at radius 2 is 2.00 bits per heavy atom. The molecule has 0 aliphatic rings. The molecule has 0 radical (unpaired) electrons. The minimum atomic E-state index is 0.577. The second-order valence-electron chi connectivity index (χ2n) is 5.06. The average Bonchev–Trinajstić information content (AvgIpc) is 3.17. The van der Waals surface area contributed by atoms with Crippen molar-refractivity contribution in [3.63, 3.8) is 0 Å².